The quantitative estimate of drug-likeness (QED) is 0.611. The molecule has 0 spiro atoms. The molecule has 1 aromatic carbocycles. The maximum Gasteiger partial charge on any atom is 0.193 e. The van der Waals surface area contributed by atoms with Crippen molar-refractivity contribution in [1.82, 2.24) is 10.2 Å². The molecule has 1 heterocycles. The molecule has 24 heavy (non-hydrogen) atoms. The van der Waals surface area contributed by atoms with Crippen LogP contribution in [-0.2, 0) is 11.3 Å². The van der Waals surface area contributed by atoms with Gasteiger partial charge >= 0.3 is 0 Å². The van der Waals surface area contributed by atoms with Gasteiger partial charge in [-0.05, 0) is 31.0 Å². The molecule has 0 radical (unpaired) electrons. The van der Waals surface area contributed by atoms with Gasteiger partial charge in [0.15, 0.2) is 17.5 Å². The first kappa shape index (κ1) is 18.4. The zero-order chi connectivity index (χ0) is 17.4. The van der Waals surface area contributed by atoms with Crippen LogP contribution in [0.5, 0.6) is 11.5 Å². The van der Waals surface area contributed by atoms with Gasteiger partial charge in [0.1, 0.15) is 0 Å². The van der Waals surface area contributed by atoms with Crippen LogP contribution < -0.4 is 14.8 Å². The van der Waals surface area contributed by atoms with Crippen LogP contribution in [0.25, 0.3) is 0 Å². The van der Waals surface area contributed by atoms with Crippen molar-refractivity contribution < 1.29 is 14.2 Å². The van der Waals surface area contributed by atoms with E-state index in [-0.39, 0.29) is 0 Å². The van der Waals surface area contributed by atoms with Crippen molar-refractivity contribution in [3.05, 3.63) is 23.8 Å². The molecule has 1 N–H and O–H groups in total. The van der Waals surface area contributed by atoms with Gasteiger partial charge in [-0.2, -0.15) is 0 Å². The summed E-state index contributed by atoms with van der Waals surface area (Å²) in [5.74, 6) is 3.05. The standard InChI is InChI=1S/C18H29N3O3/c1-5-24-17-10-14(6-7-16(17)23-4)11-20-18(19-2)21-9-8-15(12-21)13-22-3/h6-7,10,15H,5,8-9,11-13H2,1-4H3,(H,19,20). The van der Waals surface area contributed by atoms with E-state index in [1.54, 1.807) is 14.2 Å². The van der Waals surface area contributed by atoms with E-state index in [9.17, 15) is 0 Å². The van der Waals surface area contributed by atoms with Crippen LogP contribution >= 0.6 is 0 Å². The van der Waals surface area contributed by atoms with E-state index in [1.165, 1.54) is 0 Å². The van der Waals surface area contributed by atoms with Crippen LogP contribution in [0.15, 0.2) is 23.2 Å². The number of rotatable bonds is 7. The zero-order valence-electron chi connectivity index (χ0n) is 15.2. The lowest BCUT2D eigenvalue weighted by molar-refractivity contribution is 0.157. The third-order valence-corrected chi connectivity index (χ3v) is 4.18. The van der Waals surface area contributed by atoms with E-state index in [4.69, 9.17) is 14.2 Å². The number of hydrogen-bond acceptors (Lipinski definition) is 4. The summed E-state index contributed by atoms with van der Waals surface area (Å²) in [4.78, 5) is 6.70. The number of benzene rings is 1. The predicted octanol–water partition coefficient (Wildman–Crippen LogP) is 2.14. The fourth-order valence-corrected chi connectivity index (χ4v) is 3.01. The summed E-state index contributed by atoms with van der Waals surface area (Å²) in [7, 11) is 5.24. The third kappa shape index (κ3) is 4.77. The number of guanidine groups is 1. The van der Waals surface area contributed by atoms with Crippen molar-refractivity contribution in [1.29, 1.82) is 0 Å². The van der Waals surface area contributed by atoms with Crippen molar-refractivity contribution in [3.63, 3.8) is 0 Å². The van der Waals surface area contributed by atoms with Gasteiger partial charge in [-0.3, -0.25) is 4.99 Å². The van der Waals surface area contributed by atoms with Gasteiger partial charge in [-0.1, -0.05) is 6.07 Å². The Morgan fingerprint density at radius 2 is 2.17 bits per heavy atom. The monoisotopic (exact) mass is 335 g/mol. The molecule has 1 atom stereocenters. The molecule has 0 amide bonds. The molecule has 1 fully saturated rings. The number of methoxy groups -OCH3 is 2. The number of aliphatic imine (C=N–C) groups is 1. The van der Waals surface area contributed by atoms with Gasteiger partial charge in [0.05, 0.1) is 20.3 Å². The second kappa shape index (κ2) is 9.37. The van der Waals surface area contributed by atoms with Crippen LogP contribution in [0.3, 0.4) is 0 Å². The Morgan fingerprint density at radius 3 is 2.83 bits per heavy atom. The lowest BCUT2D eigenvalue weighted by Crippen LogP contribution is -2.39. The molecule has 6 nitrogen and oxygen atoms in total. The summed E-state index contributed by atoms with van der Waals surface area (Å²) in [6.07, 6.45) is 1.14. The highest BCUT2D eigenvalue weighted by atomic mass is 16.5. The molecule has 134 valence electrons. The maximum atomic E-state index is 5.64. The van der Waals surface area contributed by atoms with Gasteiger partial charge in [0, 0.05) is 39.7 Å². The zero-order valence-corrected chi connectivity index (χ0v) is 15.2. The van der Waals surface area contributed by atoms with Crippen molar-refractivity contribution in [2.45, 2.75) is 19.9 Å². The smallest absolute Gasteiger partial charge is 0.193 e. The lowest BCUT2D eigenvalue weighted by Gasteiger charge is -2.22. The van der Waals surface area contributed by atoms with Gasteiger partial charge in [0.2, 0.25) is 0 Å². The Kier molecular flexibility index (Phi) is 7.18. The fourth-order valence-electron chi connectivity index (χ4n) is 3.01. The van der Waals surface area contributed by atoms with Crippen LogP contribution in [-0.4, -0.2) is 58.4 Å². The molecule has 0 saturated carbocycles. The minimum Gasteiger partial charge on any atom is -0.493 e. The summed E-state index contributed by atoms with van der Waals surface area (Å²) in [5, 5.41) is 3.44. The van der Waals surface area contributed by atoms with Gasteiger partial charge < -0.3 is 24.4 Å². The average Bonchev–Trinajstić information content (AvgIpc) is 3.05. The highest BCUT2D eigenvalue weighted by Gasteiger charge is 2.24. The summed E-state index contributed by atoms with van der Waals surface area (Å²) < 4.78 is 16.2. The predicted molar refractivity (Wildman–Crippen MR) is 95.9 cm³/mol. The summed E-state index contributed by atoms with van der Waals surface area (Å²) in [5.41, 5.74) is 1.13. The molecule has 1 aliphatic rings. The van der Waals surface area contributed by atoms with Crippen molar-refractivity contribution in [2.75, 3.05) is 47.6 Å². The first-order valence-corrected chi connectivity index (χ1v) is 8.46. The highest BCUT2D eigenvalue weighted by molar-refractivity contribution is 5.80. The van der Waals surface area contributed by atoms with Gasteiger partial charge in [-0.25, -0.2) is 0 Å². The number of likely N-dealkylation sites (tertiary alicyclic amines) is 1. The maximum absolute atomic E-state index is 5.64. The normalized spacial score (nSPS) is 17.9. The Hall–Kier alpha value is -1.95. The van der Waals surface area contributed by atoms with Crippen molar-refractivity contribution in [3.8, 4) is 11.5 Å². The molecule has 6 heteroatoms. The third-order valence-electron chi connectivity index (χ3n) is 4.18. The minimum atomic E-state index is 0.582. The van der Waals surface area contributed by atoms with E-state index < -0.39 is 0 Å². The lowest BCUT2D eigenvalue weighted by atomic mass is 10.1. The Balaban J connectivity index is 1.95. The fraction of sp³-hybridized carbons (Fsp3) is 0.611. The summed E-state index contributed by atoms with van der Waals surface area (Å²) in [6.45, 7) is 6.09. The number of nitrogens with zero attached hydrogens (tertiary/aromatic N) is 2. The molecule has 1 aliphatic heterocycles. The highest BCUT2D eigenvalue weighted by Crippen LogP contribution is 2.28. The SMILES string of the molecule is CCOc1cc(CNC(=NC)N2CCC(COC)C2)ccc1OC. The minimum absolute atomic E-state index is 0.582. The average molecular weight is 335 g/mol. The first-order valence-electron chi connectivity index (χ1n) is 8.46. The van der Waals surface area contributed by atoms with E-state index in [0.29, 0.717) is 19.1 Å². The Bertz CT molecular complexity index is 548. The first-order chi connectivity index (χ1) is 11.7. The van der Waals surface area contributed by atoms with Crippen LogP contribution in [0.1, 0.15) is 18.9 Å². The number of ether oxygens (including phenoxy) is 3. The molecule has 1 saturated heterocycles. The largest absolute Gasteiger partial charge is 0.493 e. The van der Waals surface area contributed by atoms with Crippen LogP contribution in [0.2, 0.25) is 0 Å². The van der Waals surface area contributed by atoms with E-state index >= 15 is 0 Å². The van der Waals surface area contributed by atoms with E-state index in [1.807, 2.05) is 32.2 Å². The van der Waals surface area contributed by atoms with Crippen LogP contribution in [0, 0.1) is 5.92 Å². The molecule has 0 aromatic heterocycles. The molecular weight excluding hydrogens is 306 g/mol. The number of nitrogens with one attached hydrogen (secondary N) is 1. The molecule has 0 aliphatic carbocycles. The molecular formula is C18H29N3O3. The molecule has 2 rings (SSSR count). The topological polar surface area (TPSA) is 55.3 Å². The van der Waals surface area contributed by atoms with Crippen LogP contribution in [0.4, 0.5) is 0 Å². The van der Waals surface area contributed by atoms with E-state index in [0.717, 1.165) is 49.1 Å². The summed E-state index contributed by atoms with van der Waals surface area (Å²) >= 11 is 0. The second-order valence-corrected chi connectivity index (χ2v) is 5.88. The Labute approximate surface area is 144 Å². The van der Waals surface area contributed by atoms with Gasteiger partial charge in [0.25, 0.3) is 0 Å². The summed E-state index contributed by atoms with van der Waals surface area (Å²) in [6, 6.07) is 5.99. The van der Waals surface area contributed by atoms with Crippen molar-refractivity contribution >= 4 is 5.96 Å². The molecule has 0 bridgehead atoms. The Morgan fingerprint density at radius 1 is 1.33 bits per heavy atom. The number of hydrogen-bond donors (Lipinski definition) is 1. The van der Waals surface area contributed by atoms with Gasteiger partial charge in [-0.15, -0.1) is 0 Å². The molecule has 1 aromatic rings. The van der Waals surface area contributed by atoms with Crippen molar-refractivity contribution in [2.24, 2.45) is 10.9 Å². The molecule has 1 unspecified atom stereocenters. The van der Waals surface area contributed by atoms with E-state index in [2.05, 4.69) is 15.2 Å². The second-order valence-electron chi connectivity index (χ2n) is 5.88.